The van der Waals surface area contributed by atoms with E-state index < -0.39 is 0 Å². The highest BCUT2D eigenvalue weighted by atomic mass is 35.5. The summed E-state index contributed by atoms with van der Waals surface area (Å²) in [5.41, 5.74) is 2.32. The van der Waals surface area contributed by atoms with Crippen LogP contribution in [0.1, 0.15) is 49.3 Å². The molecule has 31 heavy (non-hydrogen) atoms. The molecule has 3 rings (SSSR count). The third-order valence-corrected chi connectivity index (χ3v) is 5.59. The van der Waals surface area contributed by atoms with Crippen LogP contribution in [0.4, 0.5) is 0 Å². The summed E-state index contributed by atoms with van der Waals surface area (Å²) in [4.78, 5) is 27.2. The SMILES string of the molecule is Cl.O=C1CC(c2ccccc2)NCCCN(C(=O)CCc2ccccc2)CCCCN1. The van der Waals surface area contributed by atoms with Gasteiger partial charge in [0.05, 0.1) is 0 Å². The Labute approximate surface area is 192 Å². The Kier molecular flexibility index (Phi) is 11.1. The van der Waals surface area contributed by atoms with Crippen LogP contribution in [0.5, 0.6) is 0 Å². The highest BCUT2D eigenvalue weighted by Gasteiger charge is 2.17. The van der Waals surface area contributed by atoms with Crippen molar-refractivity contribution in [1.82, 2.24) is 15.5 Å². The number of amides is 2. The number of hydrogen-bond acceptors (Lipinski definition) is 3. The van der Waals surface area contributed by atoms with Crippen LogP contribution in [-0.2, 0) is 16.0 Å². The van der Waals surface area contributed by atoms with E-state index in [1.165, 1.54) is 5.56 Å². The topological polar surface area (TPSA) is 61.4 Å². The van der Waals surface area contributed by atoms with Crippen molar-refractivity contribution >= 4 is 24.2 Å². The minimum atomic E-state index is -0.00538. The molecule has 0 aromatic heterocycles. The van der Waals surface area contributed by atoms with E-state index >= 15 is 0 Å². The maximum atomic E-state index is 12.8. The molecule has 2 aromatic rings. The fraction of sp³-hybridized carbons (Fsp3) is 0.440. The maximum Gasteiger partial charge on any atom is 0.222 e. The van der Waals surface area contributed by atoms with Crippen molar-refractivity contribution in [3.05, 3.63) is 71.8 Å². The molecule has 5 nitrogen and oxygen atoms in total. The summed E-state index contributed by atoms with van der Waals surface area (Å²) in [6.45, 7) is 2.94. The van der Waals surface area contributed by atoms with Crippen LogP contribution in [0.25, 0.3) is 0 Å². The first-order valence-electron chi connectivity index (χ1n) is 11.1. The average molecular weight is 444 g/mol. The Hall–Kier alpha value is -2.37. The largest absolute Gasteiger partial charge is 0.356 e. The number of nitrogens with one attached hydrogen (secondary N) is 2. The molecule has 2 aromatic carbocycles. The summed E-state index contributed by atoms with van der Waals surface area (Å²) in [6.07, 6.45) is 4.43. The minimum Gasteiger partial charge on any atom is -0.356 e. The molecule has 2 N–H and O–H groups in total. The molecule has 1 saturated heterocycles. The van der Waals surface area contributed by atoms with Crippen molar-refractivity contribution in [2.24, 2.45) is 0 Å². The van der Waals surface area contributed by atoms with Crippen molar-refractivity contribution in [3.8, 4) is 0 Å². The molecule has 168 valence electrons. The first-order chi connectivity index (χ1) is 14.7. The number of benzene rings is 2. The molecule has 0 bridgehead atoms. The number of halogens is 1. The minimum absolute atomic E-state index is 0. The normalized spacial score (nSPS) is 18.5. The summed E-state index contributed by atoms with van der Waals surface area (Å²) in [6, 6.07) is 20.3. The van der Waals surface area contributed by atoms with Crippen molar-refractivity contribution in [1.29, 1.82) is 0 Å². The van der Waals surface area contributed by atoms with Crippen molar-refractivity contribution in [3.63, 3.8) is 0 Å². The molecule has 1 atom stereocenters. The summed E-state index contributed by atoms with van der Waals surface area (Å²) in [5, 5.41) is 6.55. The van der Waals surface area contributed by atoms with Crippen LogP contribution in [0.15, 0.2) is 60.7 Å². The molecule has 0 saturated carbocycles. The molecule has 1 unspecified atom stereocenters. The third-order valence-electron chi connectivity index (χ3n) is 5.59. The molecule has 1 fully saturated rings. The molecule has 1 heterocycles. The molecule has 0 aliphatic carbocycles. The van der Waals surface area contributed by atoms with Gasteiger partial charge in [0.25, 0.3) is 0 Å². The van der Waals surface area contributed by atoms with Crippen LogP contribution < -0.4 is 10.6 Å². The van der Waals surface area contributed by atoms with Gasteiger partial charge >= 0.3 is 0 Å². The van der Waals surface area contributed by atoms with Gasteiger partial charge in [0, 0.05) is 38.5 Å². The Bertz CT molecular complexity index is 786. The van der Waals surface area contributed by atoms with Crippen LogP contribution in [0.2, 0.25) is 0 Å². The predicted molar refractivity (Wildman–Crippen MR) is 127 cm³/mol. The molecule has 1 aliphatic rings. The van der Waals surface area contributed by atoms with Crippen LogP contribution in [0, 0.1) is 0 Å². The molecule has 1 aliphatic heterocycles. The smallest absolute Gasteiger partial charge is 0.222 e. The lowest BCUT2D eigenvalue weighted by Crippen LogP contribution is -2.35. The Morgan fingerprint density at radius 2 is 1.58 bits per heavy atom. The first-order valence-corrected chi connectivity index (χ1v) is 11.1. The zero-order valence-corrected chi connectivity index (χ0v) is 18.9. The number of carbonyl (C=O) groups excluding carboxylic acids is 2. The van der Waals surface area contributed by atoms with Crippen LogP contribution in [-0.4, -0.2) is 42.9 Å². The van der Waals surface area contributed by atoms with E-state index in [0.29, 0.717) is 19.4 Å². The first kappa shape index (κ1) is 24.9. The van der Waals surface area contributed by atoms with Gasteiger partial charge in [0.1, 0.15) is 0 Å². The second-order valence-corrected chi connectivity index (χ2v) is 7.90. The Morgan fingerprint density at radius 1 is 0.903 bits per heavy atom. The quantitative estimate of drug-likeness (QED) is 0.753. The van der Waals surface area contributed by atoms with Gasteiger partial charge in [-0.2, -0.15) is 0 Å². The monoisotopic (exact) mass is 443 g/mol. The van der Waals surface area contributed by atoms with Gasteiger partial charge in [-0.25, -0.2) is 0 Å². The molecular formula is C25H34ClN3O2. The molecule has 0 spiro atoms. The second kappa shape index (κ2) is 13.8. The predicted octanol–water partition coefficient (Wildman–Crippen LogP) is 3.89. The van der Waals surface area contributed by atoms with Crippen molar-refractivity contribution in [2.45, 2.75) is 44.6 Å². The van der Waals surface area contributed by atoms with E-state index in [1.54, 1.807) is 0 Å². The zero-order chi connectivity index (χ0) is 21.0. The summed E-state index contributed by atoms with van der Waals surface area (Å²) in [5.74, 6) is 0.295. The lowest BCUT2D eigenvalue weighted by Gasteiger charge is -2.23. The van der Waals surface area contributed by atoms with E-state index in [0.717, 1.165) is 50.9 Å². The van der Waals surface area contributed by atoms with E-state index in [4.69, 9.17) is 0 Å². The van der Waals surface area contributed by atoms with Crippen LogP contribution in [0.3, 0.4) is 0 Å². The zero-order valence-electron chi connectivity index (χ0n) is 18.1. The Balaban J connectivity index is 0.00000341. The van der Waals surface area contributed by atoms with Gasteiger partial charge in [-0.1, -0.05) is 60.7 Å². The number of nitrogens with zero attached hydrogens (tertiary/aromatic N) is 1. The number of rotatable bonds is 4. The van der Waals surface area contributed by atoms with Crippen molar-refractivity contribution in [2.75, 3.05) is 26.2 Å². The fourth-order valence-corrected chi connectivity index (χ4v) is 3.87. The lowest BCUT2D eigenvalue weighted by atomic mass is 10.0. The van der Waals surface area contributed by atoms with Gasteiger partial charge in [0.2, 0.25) is 11.8 Å². The van der Waals surface area contributed by atoms with E-state index in [-0.39, 0.29) is 30.3 Å². The molecule has 0 radical (unpaired) electrons. The van der Waals surface area contributed by atoms with Gasteiger partial charge < -0.3 is 15.5 Å². The van der Waals surface area contributed by atoms with E-state index in [2.05, 4.69) is 34.9 Å². The molecular weight excluding hydrogens is 410 g/mol. The summed E-state index contributed by atoms with van der Waals surface area (Å²) >= 11 is 0. The van der Waals surface area contributed by atoms with Crippen molar-refractivity contribution < 1.29 is 9.59 Å². The molecule has 2 amide bonds. The van der Waals surface area contributed by atoms with Gasteiger partial charge in [-0.3, -0.25) is 9.59 Å². The highest BCUT2D eigenvalue weighted by molar-refractivity contribution is 5.85. The van der Waals surface area contributed by atoms with Gasteiger partial charge in [0.15, 0.2) is 0 Å². The second-order valence-electron chi connectivity index (χ2n) is 7.90. The Morgan fingerprint density at radius 3 is 2.32 bits per heavy atom. The van der Waals surface area contributed by atoms with Gasteiger partial charge in [-0.05, 0) is 43.4 Å². The molecule has 6 heteroatoms. The number of aryl methyl sites for hydroxylation is 1. The standard InChI is InChI=1S/C25H33N3O2.ClH/c29-24-20-23(22-12-5-2-6-13-22)26-17-9-19-28(18-8-7-16-27-24)25(30)15-14-21-10-3-1-4-11-21;/h1-6,10-13,23,26H,7-9,14-20H2,(H,27,29);1H. The maximum absolute atomic E-state index is 12.8. The highest BCUT2D eigenvalue weighted by Crippen LogP contribution is 2.17. The van der Waals surface area contributed by atoms with E-state index in [9.17, 15) is 9.59 Å². The summed E-state index contributed by atoms with van der Waals surface area (Å²) < 4.78 is 0. The fourth-order valence-electron chi connectivity index (χ4n) is 3.87. The average Bonchev–Trinajstić information content (AvgIpc) is 2.80. The lowest BCUT2D eigenvalue weighted by molar-refractivity contribution is -0.131. The van der Waals surface area contributed by atoms with Gasteiger partial charge in [-0.15, -0.1) is 12.4 Å². The van der Waals surface area contributed by atoms with Crippen LogP contribution >= 0.6 is 12.4 Å². The van der Waals surface area contributed by atoms with E-state index in [1.807, 2.05) is 41.3 Å². The number of carbonyl (C=O) groups is 2. The third kappa shape index (κ3) is 8.72. The summed E-state index contributed by atoms with van der Waals surface area (Å²) in [7, 11) is 0. The number of hydrogen-bond donors (Lipinski definition) is 2.